The molecule has 0 heterocycles. The molecule has 0 aliphatic carbocycles. The van der Waals surface area contributed by atoms with E-state index in [1.807, 2.05) is 0 Å². The van der Waals surface area contributed by atoms with E-state index in [-0.39, 0.29) is 12.3 Å². The van der Waals surface area contributed by atoms with Gasteiger partial charge in [-0.3, -0.25) is 4.79 Å². The van der Waals surface area contributed by atoms with Gasteiger partial charge in [-0.2, -0.15) is 0 Å². The molecule has 18 heavy (non-hydrogen) atoms. The summed E-state index contributed by atoms with van der Waals surface area (Å²) in [6.45, 7) is 4.81. The Hall–Kier alpha value is -1.88. The van der Waals surface area contributed by atoms with Crippen molar-refractivity contribution < 1.29 is 14.7 Å². The van der Waals surface area contributed by atoms with E-state index in [2.05, 4.69) is 10.6 Å². The van der Waals surface area contributed by atoms with Crippen molar-refractivity contribution in [2.45, 2.75) is 26.4 Å². The van der Waals surface area contributed by atoms with E-state index in [0.29, 0.717) is 11.3 Å². The zero-order chi connectivity index (χ0) is 13.8. The number of carbonyl (C=O) groups excluding carboxylic acids is 2. The average Bonchev–Trinajstić information content (AvgIpc) is 2.26. The lowest BCUT2D eigenvalue weighted by molar-refractivity contribution is 0.0826. The van der Waals surface area contributed by atoms with Crippen LogP contribution in [-0.4, -0.2) is 29.1 Å². The Kier molecular flexibility index (Phi) is 4.44. The predicted molar refractivity (Wildman–Crippen MR) is 69.8 cm³/mol. The second kappa shape index (κ2) is 5.64. The van der Waals surface area contributed by atoms with Gasteiger partial charge in [0.05, 0.1) is 5.60 Å². The molecule has 0 saturated heterocycles. The number of amides is 2. The van der Waals surface area contributed by atoms with Gasteiger partial charge in [0.15, 0.2) is 5.78 Å². The molecule has 0 aliphatic rings. The summed E-state index contributed by atoms with van der Waals surface area (Å²) >= 11 is 0. The van der Waals surface area contributed by atoms with Gasteiger partial charge in [0.25, 0.3) is 0 Å². The van der Waals surface area contributed by atoms with Gasteiger partial charge >= 0.3 is 6.03 Å². The van der Waals surface area contributed by atoms with Crippen LogP contribution in [0.1, 0.15) is 31.1 Å². The molecule has 98 valence electrons. The van der Waals surface area contributed by atoms with Crippen LogP contribution in [0.5, 0.6) is 0 Å². The topological polar surface area (TPSA) is 78.4 Å². The van der Waals surface area contributed by atoms with Crippen molar-refractivity contribution in [2.75, 3.05) is 11.9 Å². The Morgan fingerprint density at radius 2 is 2.00 bits per heavy atom. The van der Waals surface area contributed by atoms with Gasteiger partial charge in [0.1, 0.15) is 0 Å². The minimum atomic E-state index is -0.960. The molecular formula is C13H18N2O3. The highest BCUT2D eigenvalue weighted by Crippen LogP contribution is 2.11. The van der Waals surface area contributed by atoms with Crippen LogP contribution in [0.2, 0.25) is 0 Å². The lowest BCUT2D eigenvalue weighted by atomic mass is 10.1. The Bertz CT molecular complexity index is 450. The molecule has 0 fully saturated rings. The summed E-state index contributed by atoms with van der Waals surface area (Å²) in [5.74, 6) is -0.0597. The smallest absolute Gasteiger partial charge is 0.319 e. The Morgan fingerprint density at radius 1 is 1.33 bits per heavy atom. The van der Waals surface area contributed by atoms with Gasteiger partial charge in [-0.15, -0.1) is 0 Å². The van der Waals surface area contributed by atoms with Gasteiger partial charge in [0, 0.05) is 17.8 Å². The molecule has 1 aromatic carbocycles. The van der Waals surface area contributed by atoms with Crippen LogP contribution in [0.25, 0.3) is 0 Å². The maximum Gasteiger partial charge on any atom is 0.319 e. The van der Waals surface area contributed by atoms with Crippen molar-refractivity contribution in [3.8, 4) is 0 Å². The second-order valence-electron chi connectivity index (χ2n) is 4.76. The van der Waals surface area contributed by atoms with Crippen molar-refractivity contribution >= 4 is 17.5 Å². The van der Waals surface area contributed by atoms with Crippen LogP contribution in [0, 0.1) is 0 Å². The Labute approximate surface area is 106 Å². The third kappa shape index (κ3) is 4.97. The molecule has 3 N–H and O–H groups in total. The molecule has 2 amide bonds. The van der Waals surface area contributed by atoms with Crippen LogP contribution in [0.4, 0.5) is 10.5 Å². The number of rotatable bonds is 4. The lowest BCUT2D eigenvalue weighted by Crippen LogP contribution is -2.40. The normalized spacial score (nSPS) is 10.9. The molecule has 1 aromatic rings. The van der Waals surface area contributed by atoms with Crippen molar-refractivity contribution in [1.82, 2.24) is 5.32 Å². The van der Waals surface area contributed by atoms with Crippen LogP contribution in [0.3, 0.4) is 0 Å². The molecule has 0 aromatic heterocycles. The molecule has 5 nitrogen and oxygen atoms in total. The van der Waals surface area contributed by atoms with Crippen molar-refractivity contribution in [1.29, 1.82) is 0 Å². The molecule has 5 heteroatoms. The summed E-state index contributed by atoms with van der Waals surface area (Å²) in [5.41, 5.74) is 0.115. The van der Waals surface area contributed by atoms with Gasteiger partial charge in [-0.25, -0.2) is 4.79 Å². The number of ketones is 1. The van der Waals surface area contributed by atoms with E-state index in [4.69, 9.17) is 0 Å². The number of hydrogen-bond donors (Lipinski definition) is 3. The molecule has 0 atom stereocenters. The van der Waals surface area contributed by atoms with Gasteiger partial charge in [0.2, 0.25) is 0 Å². The van der Waals surface area contributed by atoms with Crippen LogP contribution < -0.4 is 10.6 Å². The number of aliphatic hydroxyl groups is 1. The summed E-state index contributed by atoms with van der Waals surface area (Å²) in [4.78, 5) is 22.7. The molecule has 0 radical (unpaired) electrons. The molecule has 0 spiro atoms. The van der Waals surface area contributed by atoms with Crippen LogP contribution in [-0.2, 0) is 0 Å². The highest BCUT2D eigenvalue weighted by atomic mass is 16.3. The standard InChI is InChI=1S/C13H18N2O3/c1-9(16)10-5-4-6-11(7-10)15-12(17)14-8-13(2,3)18/h4-7,18H,8H2,1-3H3,(H2,14,15,17). The molecule has 0 unspecified atom stereocenters. The van der Waals surface area contributed by atoms with Gasteiger partial charge in [-0.1, -0.05) is 12.1 Å². The molecule has 0 bridgehead atoms. The SMILES string of the molecule is CC(=O)c1cccc(NC(=O)NCC(C)(C)O)c1. The van der Waals surface area contributed by atoms with Gasteiger partial charge in [-0.05, 0) is 32.9 Å². The summed E-state index contributed by atoms with van der Waals surface area (Å²) in [7, 11) is 0. The third-order valence-corrected chi connectivity index (χ3v) is 2.21. The van der Waals surface area contributed by atoms with Crippen LogP contribution in [0.15, 0.2) is 24.3 Å². The highest BCUT2D eigenvalue weighted by molar-refractivity contribution is 5.96. The second-order valence-corrected chi connectivity index (χ2v) is 4.76. The monoisotopic (exact) mass is 250 g/mol. The summed E-state index contributed by atoms with van der Waals surface area (Å²) in [6, 6.07) is 6.25. The van der Waals surface area contributed by atoms with Gasteiger partial charge < -0.3 is 15.7 Å². The number of benzene rings is 1. The fourth-order valence-corrected chi connectivity index (χ4v) is 1.29. The number of nitrogens with one attached hydrogen (secondary N) is 2. The molecule has 1 rings (SSSR count). The first kappa shape index (κ1) is 14.2. The largest absolute Gasteiger partial charge is 0.389 e. The van der Waals surface area contributed by atoms with Crippen molar-refractivity contribution in [2.24, 2.45) is 0 Å². The first-order valence-corrected chi connectivity index (χ1v) is 5.66. The van der Waals surface area contributed by atoms with E-state index in [0.717, 1.165) is 0 Å². The minimum Gasteiger partial charge on any atom is -0.389 e. The number of hydrogen-bond acceptors (Lipinski definition) is 3. The van der Waals surface area contributed by atoms with E-state index < -0.39 is 11.6 Å². The summed E-state index contributed by atoms with van der Waals surface area (Å²) < 4.78 is 0. The molecular weight excluding hydrogens is 232 g/mol. The number of Topliss-reactive ketones (excluding diaryl/α,β-unsaturated/α-hetero) is 1. The number of urea groups is 1. The first-order chi connectivity index (χ1) is 8.28. The quantitative estimate of drug-likeness (QED) is 0.713. The maximum atomic E-state index is 11.5. The zero-order valence-electron chi connectivity index (χ0n) is 10.8. The van der Waals surface area contributed by atoms with Crippen molar-refractivity contribution in [3.63, 3.8) is 0 Å². The summed E-state index contributed by atoms with van der Waals surface area (Å²) in [6.07, 6.45) is 0. The third-order valence-electron chi connectivity index (χ3n) is 2.21. The van der Waals surface area contributed by atoms with E-state index in [1.54, 1.807) is 38.1 Å². The van der Waals surface area contributed by atoms with Crippen LogP contribution >= 0.6 is 0 Å². The number of anilines is 1. The zero-order valence-corrected chi connectivity index (χ0v) is 10.8. The van der Waals surface area contributed by atoms with E-state index >= 15 is 0 Å². The first-order valence-electron chi connectivity index (χ1n) is 5.66. The molecule has 0 saturated carbocycles. The van der Waals surface area contributed by atoms with E-state index in [1.165, 1.54) is 6.92 Å². The highest BCUT2D eigenvalue weighted by Gasteiger charge is 2.13. The fraction of sp³-hybridized carbons (Fsp3) is 0.385. The predicted octanol–water partition coefficient (Wildman–Crippen LogP) is 1.78. The summed E-state index contributed by atoms with van der Waals surface area (Å²) in [5, 5.41) is 14.6. The number of carbonyl (C=O) groups is 2. The van der Waals surface area contributed by atoms with E-state index in [9.17, 15) is 14.7 Å². The molecule has 0 aliphatic heterocycles. The minimum absolute atomic E-state index is 0.0597. The lowest BCUT2D eigenvalue weighted by Gasteiger charge is -2.17. The maximum absolute atomic E-state index is 11.5. The Morgan fingerprint density at radius 3 is 2.56 bits per heavy atom. The van der Waals surface area contributed by atoms with Crippen molar-refractivity contribution in [3.05, 3.63) is 29.8 Å². The fourth-order valence-electron chi connectivity index (χ4n) is 1.29. The average molecular weight is 250 g/mol. The Balaban J connectivity index is 2.59.